The van der Waals surface area contributed by atoms with Gasteiger partial charge >= 0.3 is 12.1 Å². The van der Waals surface area contributed by atoms with E-state index in [0.717, 1.165) is 12.0 Å². The lowest BCUT2D eigenvalue weighted by molar-refractivity contribution is -0.149. The maximum absolute atomic E-state index is 13.0. The van der Waals surface area contributed by atoms with Gasteiger partial charge in [0, 0.05) is 18.5 Å². The third-order valence-electron chi connectivity index (χ3n) is 5.26. The average molecular weight is 438 g/mol. The van der Waals surface area contributed by atoms with Crippen LogP contribution >= 0.6 is 0 Å². The number of anilines is 1. The molecule has 0 saturated carbocycles. The number of carbonyl (C=O) groups is 2. The topological polar surface area (TPSA) is 65.1 Å². The van der Waals surface area contributed by atoms with Gasteiger partial charge in [0.25, 0.3) is 0 Å². The maximum atomic E-state index is 13.0. The Labute approximate surface area is 189 Å². The highest BCUT2D eigenvalue weighted by Gasteiger charge is 2.29. The fourth-order valence-electron chi connectivity index (χ4n) is 3.71. The van der Waals surface area contributed by atoms with Gasteiger partial charge in [-0.25, -0.2) is 4.79 Å². The van der Waals surface area contributed by atoms with E-state index in [9.17, 15) is 9.59 Å². The number of carbonyl (C=O) groups excluding carboxylic acids is 2. The van der Waals surface area contributed by atoms with Crippen molar-refractivity contribution in [2.45, 2.75) is 45.1 Å². The first-order valence-corrected chi connectivity index (χ1v) is 10.8. The second-order valence-electron chi connectivity index (χ2n) is 8.80. The standard InChI is InChI=1S/C26H31NO5/c1-26(2,3)32-25(29)27(21-10-12-22(30-4)13-11-21)16-14-23(19-8-6-5-7-9-19)20-15-17-31-24(28)18-20/h5-14,16,20,23H,15,17-18H2,1-4H3/b16-14+/t20-,23-/m1/s1. The highest BCUT2D eigenvalue weighted by molar-refractivity contribution is 5.90. The summed E-state index contributed by atoms with van der Waals surface area (Å²) in [5.74, 6) is 0.554. The lowest BCUT2D eigenvalue weighted by Crippen LogP contribution is -2.34. The van der Waals surface area contributed by atoms with Crippen molar-refractivity contribution < 1.29 is 23.8 Å². The van der Waals surface area contributed by atoms with Gasteiger partial charge in [0.15, 0.2) is 0 Å². The largest absolute Gasteiger partial charge is 0.497 e. The summed E-state index contributed by atoms with van der Waals surface area (Å²) >= 11 is 0. The Bertz CT molecular complexity index is 931. The Morgan fingerprint density at radius 1 is 1.12 bits per heavy atom. The molecule has 0 unspecified atom stereocenters. The molecule has 2 aromatic rings. The zero-order chi connectivity index (χ0) is 23.1. The summed E-state index contributed by atoms with van der Waals surface area (Å²) in [7, 11) is 1.60. The number of esters is 1. The van der Waals surface area contributed by atoms with Crippen molar-refractivity contribution in [3.8, 4) is 5.75 Å². The molecule has 1 aliphatic heterocycles. The SMILES string of the molecule is COc1ccc(N(/C=C/[C@H](c2ccccc2)[C@@H]2CCOC(=O)C2)C(=O)OC(C)(C)C)cc1. The van der Waals surface area contributed by atoms with E-state index in [1.807, 2.05) is 69.3 Å². The summed E-state index contributed by atoms with van der Waals surface area (Å²) in [6, 6.07) is 17.2. The lowest BCUT2D eigenvalue weighted by atomic mass is 9.81. The van der Waals surface area contributed by atoms with Crippen molar-refractivity contribution in [3.05, 3.63) is 72.4 Å². The van der Waals surface area contributed by atoms with Gasteiger partial charge in [0.2, 0.25) is 0 Å². The fraction of sp³-hybridized carbons (Fsp3) is 0.385. The summed E-state index contributed by atoms with van der Waals surface area (Å²) in [4.78, 5) is 26.5. The molecule has 2 aromatic carbocycles. The van der Waals surface area contributed by atoms with Gasteiger partial charge < -0.3 is 14.2 Å². The van der Waals surface area contributed by atoms with Crippen LogP contribution in [0.4, 0.5) is 10.5 Å². The minimum absolute atomic E-state index is 0.0489. The summed E-state index contributed by atoms with van der Waals surface area (Å²) in [5.41, 5.74) is 1.11. The molecule has 170 valence electrons. The Balaban J connectivity index is 1.95. The number of benzene rings is 2. The van der Waals surface area contributed by atoms with E-state index in [0.29, 0.717) is 24.5 Å². The number of ether oxygens (including phenoxy) is 3. The zero-order valence-corrected chi connectivity index (χ0v) is 19.1. The number of methoxy groups -OCH3 is 1. The van der Waals surface area contributed by atoms with Crippen LogP contribution in [0.2, 0.25) is 0 Å². The number of hydrogen-bond acceptors (Lipinski definition) is 5. The molecule has 0 aliphatic carbocycles. The van der Waals surface area contributed by atoms with Crippen molar-refractivity contribution in [2.24, 2.45) is 5.92 Å². The van der Waals surface area contributed by atoms with Crippen molar-refractivity contribution in [1.82, 2.24) is 0 Å². The molecule has 1 amide bonds. The van der Waals surface area contributed by atoms with Crippen LogP contribution in [0.25, 0.3) is 0 Å². The highest BCUT2D eigenvalue weighted by atomic mass is 16.6. The predicted octanol–water partition coefficient (Wildman–Crippen LogP) is 5.69. The van der Waals surface area contributed by atoms with E-state index in [1.165, 1.54) is 4.90 Å². The summed E-state index contributed by atoms with van der Waals surface area (Å²) in [5, 5.41) is 0. The molecule has 0 N–H and O–H groups in total. The van der Waals surface area contributed by atoms with Crippen molar-refractivity contribution in [1.29, 1.82) is 0 Å². The van der Waals surface area contributed by atoms with Gasteiger partial charge in [0.05, 0.1) is 19.4 Å². The molecular weight excluding hydrogens is 406 g/mol. The lowest BCUT2D eigenvalue weighted by Gasteiger charge is -2.29. The number of rotatable bonds is 6. The first kappa shape index (κ1) is 23.4. The van der Waals surface area contributed by atoms with E-state index in [2.05, 4.69) is 0 Å². The van der Waals surface area contributed by atoms with Crippen LogP contribution in [0.3, 0.4) is 0 Å². The first-order chi connectivity index (χ1) is 15.3. The van der Waals surface area contributed by atoms with E-state index in [-0.39, 0.29) is 17.8 Å². The maximum Gasteiger partial charge on any atom is 0.418 e. The molecule has 0 spiro atoms. The third kappa shape index (κ3) is 6.36. The summed E-state index contributed by atoms with van der Waals surface area (Å²) < 4.78 is 16.0. The third-order valence-corrected chi connectivity index (χ3v) is 5.26. The molecular formula is C26H31NO5. The molecule has 3 rings (SSSR count). The molecule has 6 heteroatoms. The van der Waals surface area contributed by atoms with E-state index in [1.54, 1.807) is 25.4 Å². The van der Waals surface area contributed by atoms with Crippen LogP contribution in [0, 0.1) is 5.92 Å². The van der Waals surface area contributed by atoms with Crippen LogP contribution in [0.5, 0.6) is 5.75 Å². The van der Waals surface area contributed by atoms with Gasteiger partial charge in [-0.15, -0.1) is 0 Å². The fourth-order valence-corrected chi connectivity index (χ4v) is 3.71. The smallest absolute Gasteiger partial charge is 0.418 e. The summed E-state index contributed by atoms with van der Waals surface area (Å²) in [6.45, 7) is 5.92. The number of hydrogen-bond donors (Lipinski definition) is 0. The Hall–Kier alpha value is -3.28. The Morgan fingerprint density at radius 3 is 2.41 bits per heavy atom. The van der Waals surface area contributed by atoms with Gasteiger partial charge in [0.1, 0.15) is 11.4 Å². The van der Waals surface area contributed by atoms with Crippen LogP contribution in [0.1, 0.15) is 45.1 Å². The zero-order valence-electron chi connectivity index (χ0n) is 19.1. The Morgan fingerprint density at radius 2 is 1.81 bits per heavy atom. The molecule has 1 heterocycles. The molecule has 1 fully saturated rings. The average Bonchev–Trinajstić information content (AvgIpc) is 2.76. The van der Waals surface area contributed by atoms with Crippen molar-refractivity contribution in [3.63, 3.8) is 0 Å². The highest BCUT2D eigenvalue weighted by Crippen LogP contribution is 2.34. The van der Waals surface area contributed by atoms with Crippen LogP contribution in [0.15, 0.2) is 66.9 Å². The molecule has 1 aliphatic rings. The molecule has 0 bridgehead atoms. The van der Waals surface area contributed by atoms with Crippen LogP contribution in [-0.2, 0) is 14.3 Å². The number of amides is 1. The summed E-state index contributed by atoms with van der Waals surface area (Å²) in [6.07, 6.45) is 4.36. The number of cyclic esters (lactones) is 1. The molecule has 0 radical (unpaired) electrons. The van der Waals surface area contributed by atoms with E-state index in [4.69, 9.17) is 14.2 Å². The quantitative estimate of drug-likeness (QED) is 0.544. The van der Waals surface area contributed by atoms with Gasteiger partial charge in [-0.1, -0.05) is 36.4 Å². The molecule has 32 heavy (non-hydrogen) atoms. The van der Waals surface area contributed by atoms with Crippen molar-refractivity contribution >= 4 is 17.7 Å². The van der Waals surface area contributed by atoms with E-state index < -0.39 is 11.7 Å². The molecule has 2 atom stereocenters. The minimum Gasteiger partial charge on any atom is -0.497 e. The van der Waals surface area contributed by atoms with Gasteiger partial charge in [-0.05, 0) is 62.9 Å². The molecule has 0 aromatic heterocycles. The molecule has 1 saturated heterocycles. The monoisotopic (exact) mass is 437 g/mol. The second kappa shape index (κ2) is 10.4. The molecule has 6 nitrogen and oxygen atoms in total. The number of nitrogens with zero attached hydrogens (tertiary/aromatic N) is 1. The second-order valence-corrected chi connectivity index (χ2v) is 8.80. The van der Waals surface area contributed by atoms with Gasteiger partial charge in [-0.3, -0.25) is 9.69 Å². The van der Waals surface area contributed by atoms with E-state index >= 15 is 0 Å². The Kier molecular flexibility index (Phi) is 7.57. The predicted molar refractivity (Wildman–Crippen MR) is 124 cm³/mol. The minimum atomic E-state index is -0.637. The number of allylic oxidation sites excluding steroid dienone is 1. The van der Waals surface area contributed by atoms with Crippen molar-refractivity contribution in [2.75, 3.05) is 18.6 Å². The first-order valence-electron chi connectivity index (χ1n) is 10.8. The van der Waals surface area contributed by atoms with Crippen LogP contribution in [-0.4, -0.2) is 31.4 Å². The van der Waals surface area contributed by atoms with Gasteiger partial charge in [-0.2, -0.15) is 0 Å². The normalized spacial score (nSPS) is 17.5. The van der Waals surface area contributed by atoms with Crippen LogP contribution < -0.4 is 9.64 Å².